The van der Waals surface area contributed by atoms with Crippen LogP contribution in [0.25, 0.3) is 0 Å². The Morgan fingerprint density at radius 3 is 2.54 bits per heavy atom. The summed E-state index contributed by atoms with van der Waals surface area (Å²) in [6, 6.07) is 9.14. The van der Waals surface area contributed by atoms with Gasteiger partial charge in [-0.05, 0) is 23.3 Å². The number of nitrogens with one attached hydrogen (secondary N) is 2. The van der Waals surface area contributed by atoms with Gasteiger partial charge in [-0.15, -0.1) is 0 Å². The molecule has 2 amide bonds. The van der Waals surface area contributed by atoms with Gasteiger partial charge in [0.25, 0.3) is 0 Å². The molecule has 0 saturated carbocycles. The zero-order valence-corrected chi connectivity index (χ0v) is 12.4. The topological polar surface area (TPSA) is 70.6 Å². The lowest BCUT2D eigenvalue weighted by Crippen LogP contribution is -2.29. The molecule has 128 valence electrons. The quantitative estimate of drug-likeness (QED) is 0.756. The van der Waals surface area contributed by atoms with E-state index in [9.17, 15) is 23.1 Å². The van der Waals surface area contributed by atoms with E-state index in [-0.39, 0.29) is 18.8 Å². The van der Waals surface area contributed by atoms with E-state index in [1.807, 2.05) is 0 Å². The first-order valence-electron chi connectivity index (χ1n) is 6.96. The fraction of sp³-hybridized carbons (Fsp3) is 0.188. The van der Waals surface area contributed by atoms with Crippen molar-refractivity contribution in [3.63, 3.8) is 0 Å². The Kier molecular flexibility index (Phi) is 6.02. The Labute approximate surface area is 136 Å². The molecule has 0 aliphatic carbocycles. The highest BCUT2D eigenvalue weighted by molar-refractivity contribution is 5.90. The Morgan fingerprint density at radius 1 is 1.17 bits per heavy atom. The largest absolute Gasteiger partial charge is 0.432 e. The second-order valence-electron chi connectivity index (χ2n) is 4.75. The number of carbonyl (C=O) groups excluding carboxylic acids is 1. The van der Waals surface area contributed by atoms with E-state index < -0.39 is 24.2 Å². The van der Waals surface area contributed by atoms with E-state index in [0.29, 0.717) is 11.1 Å². The fourth-order valence-corrected chi connectivity index (χ4v) is 2.02. The molecule has 0 aliphatic rings. The zero-order chi connectivity index (χ0) is 17.5. The van der Waals surface area contributed by atoms with Crippen molar-refractivity contribution in [3.8, 4) is 5.75 Å². The van der Waals surface area contributed by atoms with Crippen LogP contribution < -0.4 is 15.4 Å². The molecule has 0 saturated heterocycles. The summed E-state index contributed by atoms with van der Waals surface area (Å²) in [5.74, 6) is -1.25. The van der Waals surface area contributed by atoms with Crippen molar-refractivity contribution in [2.75, 3.05) is 5.32 Å². The number of carbonyl (C=O) groups is 1. The van der Waals surface area contributed by atoms with Crippen LogP contribution in [0.4, 0.5) is 23.7 Å². The second kappa shape index (κ2) is 8.21. The molecule has 24 heavy (non-hydrogen) atoms. The first-order chi connectivity index (χ1) is 11.5. The smallest absolute Gasteiger partial charge is 0.387 e. The number of hydrogen-bond donors (Lipinski definition) is 3. The molecule has 0 aliphatic heterocycles. The van der Waals surface area contributed by atoms with Crippen molar-refractivity contribution in [1.29, 1.82) is 0 Å². The van der Waals surface area contributed by atoms with Crippen molar-refractivity contribution in [2.45, 2.75) is 19.8 Å². The molecule has 8 heteroatoms. The molecule has 0 fully saturated rings. The maximum atomic E-state index is 13.1. The number of amides is 2. The molecule has 0 bridgehead atoms. The predicted molar refractivity (Wildman–Crippen MR) is 81.3 cm³/mol. The van der Waals surface area contributed by atoms with Gasteiger partial charge in [0.1, 0.15) is 5.82 Å². The molecule has 0 unspecified atom stereocenters. The van der Waals surface area contributed by atoms with Gasteiger partial charge in [-0.2, -0.15) is 8.78 Å². The normalized spacial score (nSPS) is 10.5. The van der Waals surface area contributed by atoms with Gasteiger partial charge < -0.3 is 20.5 Å². The highest BCUT2D eigenvalue weighted by atomic mass is 19.3. The summed E-state index contributed by atoms with van der Waals surface area (Å²) in [5.41, 5.74) is 1.27. The van der Waals surface area contributed by atoms with Crippen LogP contribution in [0.15, 0.2) is 42.5 Å². The number of aliphatic hydroxyl groups excluding tert-OH is 1. The first kappa shape index (κ1) is 17.6. The van der Waals surface area contributed by atoms with Crippen LogP contribution in [0, 0.1) is 5.82 Å². The molecular weight excluding hydrogens is 325 g/mol. The average molecular weight is 340 g/mol. The van der Waals surface area contributed by atoms with Crippen LogP contribution in [0.1, 0.15) is 11.1 Å². The minimum absolute atomic E-state index is 0.0929. The zero-order valence-electron chi connectivity index (χ0n) is 12.4. The number of urea groups is 1. The SMILES string of the molecule is O=C(NCc1ccccc1CO)Nc1ccc(F)cc1OC(F)F. The Hall–Kier alpha value is -2.74. The summed E-state index contributed by atoms with van der Waals surface area (Å²) in [6.45, 7) is -3.20. The van der Waals surface area contributed by atoms with Crippen LogP contribution in [-0.4, -0.2) is 17.7 Å². The molecular formula is C16H15F3N2O3. The molecule has 0 atom stereocenters. The summed E-state index contributed by atoms with van der Waals surface area (Å²) < 4.78 is 41.9. The Morgan fingerprint density at radius 2 is 1.88 bits per heavy atom. The maximum Gasteiger partial charge on any atom is 0.387 e. The van der Waals surface area contributed by atoms with E-state index >= 15 is 0 Å². The lowest BCUT2D eigenvalue weighted by molar-refractivity contribution is -0.0495. The minimum atomic E-state index is -3.15. The summed E-state index contributed by atoms with van der Waals surface area (Å²) in [5, 5.41) is 14.0. The number of hydrogen-bond acceptors (Lipinski definition) is 3. The van der Waals surface area contributed by atoms with Gasteiger partial charge in [0.2, 0.25) is 0 Å². The second-order valence-corrected chi connectivity index (χ2v) is 4.75. The predicted octanol–water partition coefficient (Wildman–Crippen LogP) is 3.24. The number of benzene rings is 2. The number of alkyl halides is 2. The van der Waals surface area contributed by atoms with Crippen LogP contribution >= 0.6 is 0 Å². The molecule has 0 heterocycles. The fourth-order valence-electron chi connectivity index (χ4n) is 2.02. The van der Waals surface area contributed by atoms with E-state index in [0.717, 1.165) is 18.2 Å². The standard InChI is InChI=1S/C16H15F3N2O3/c17-12-5-6-13(14(7-12)24-15(18)19)21-16(23)20-8-10-3-1-2-4-11(10)9-22/h1-7,15,22H,8-9H2,(H2,20,21,23). The van der Waals surface area contributed by atoms with E-state index in [4.69, 9.17) is 0 Å². The van der Waals surface area contributed by atoms with Crippen molar-refractivity contribution in [1.82, 2.24) is 5.32 Å². The summed E-state index contributed by atoms with van der Waals surface area (Å²) in [7, 11) is 0. The van der Waals surface area contributed by atoms with Crippen LogP contribution in [0.2, 0.25) is 0 Å². The van der Waals surface area contributed by atoms with Gasteiger partial charge in [-0.3, -0.25) is 0 Å². The number of aliphatic hydroxyl groups is 1. The number of halogens is 3. The minimum Gasteiger partial charge on any atom is -0.432 e. The first-order valence-corrected chi connectivity index (χ1v) is 6.96. The molecule has 3 N–H and O–H groups in total. The van der Waals surface area contributed by atoms with Crippen molar-refractivity contribution < 1.29 is 27.8 Å². The molecule has 5 nitrogen and oxygen atoms in total. The summed E-state index contributed by atoms with van der Waals surface area (Å²) >= 11 is 0. The molecule has 0 spiro atoms. The van der Waals surface area contributed by atoms with Crippen LogP contribution in [0.5, 0.6) is 5.75 Å². The number of rotatable bonds is 6. The van der Waals surface area contributed by atoms with Crippen molar-refractivity contribution >= 4 is 11.7 Å². The summed E-state index contributed by atoms with van der Waals surface area (Å²) in [4.78, 5) is 11.9. The van der Waals surface area contributed by atoms with Crippen molar-refractivity contribution in [3.05, 3.63) is 59.4 Å². The van der Waals surface area contributed by atoms with Gasteiger partial charge in [0, 0.05) is 12.6 Å². The molecule has 0 aromatic heterocycles. The third-order valence-electron chi connectivity index (χ3n) is 3.14. The lowest BCUT2D eigenvalue weighted by atomic mass is 10.1. The molecule has 2 aromatic rings. The van der Waals surface area contributed by atoms with Gasteiger partial charge in [-0.1, -0.05) is 24.3 Å². The van der Waals surface area contributed by atoms with Crippen LogP contribution in [-0.2, 0) is 13.2 Å². The van der Waals surface area contributed by atoms with E-state index in [1.165, 1.54) is 0 Å². The number of ether oxygens (including phenoxy) is 1. The van der Waals surface area contributed by atoms with Crippen molar-refractivity contribution in [2.24, 2.45) is 0 Å². The van der Waals surface area contributed by atoms with E-state index in [2.05, 4.69) is 15.4 Å². The van der Waals surface area contributed by atoms with Gasteiger partial charge in [-0.25, -0.2) is 9.18 Å². The maximum absolute atomic E-state index is 13.1. The Balaban J connectivity index is 2.02. The lowest BCUT2D eigenvalue weighted by Gasteiger charge is -2.13. The monoisotopic (exact) mass is 340 g/mol. The molecule has 2 rings (SSSR count). The van der Waals surface area contributed by atoms with E-state index in [1.54, 1.807) is 24.3 Å². The van der Waals surface area contributed by atoms with Gasteiger partial charge in [0.05, 0.1) is 12.3 Å². The average Bonchev–Trinajstić information content (AvgIpc) is 2.55. The van der Waals surface area contributed by atoms with Gasteiger partial charge in [0.15, 0.2) is 5.75 Å². The highest BCUT2D eigenvalue weighted by Gasteiger charge is 2.13. The Bertz CT molecular complexity index is 711. The van der Waals surface area contributed by atoms with Crippen LogP contribution in [0.3, 0.4) is 0 Å². The third-order valence-corrected chi connectivity index (χ3v) is 3.14. The molecule has 2 aromatic carbocycles. The van der Waals surface area contributed by atoms with Gasteiger partial charge >= 0.3 is 12.6 Å². The highest BCUT2D eigenvalue weighted by Crippen LogP contribution is 2.27. The molecule has 0 radical (unpaired) electrons. The third kappa shape index (κ3) is 4.88. The summed E-state index contributed by atoms with van der Waals surface area (Å²) in [6.07, 6.45) is 0. The number of anilines is 1.